The fraction of sp³-hybridized carbons (Fsp3) is 1.00. The van der Waals surface area contributed by atoms with E-state index in [9.17, 15) is 0 Å². The summed E-state index contributed by atoms with van der Waals surface area (Å²) in [4.78, 5) is 0. The van der Waals surface area contributed by atoms with Crippen LogP contribution in [0.5, 0.6) is 0 Å². The van der Waals surface area contributed by atoms with Crippen LogP contribution in [0.1, 0.15) is 58.8 Å². The average molecular weight is 243 g/mol. The average Bonchev–Trinajstić information content (AvgIpc) is 2.32. The number of nitrogens with two attached hydrogens (primary N) is 1. The molecule has 0 spiro atoms. The van der Waals surface area contributed by atoms with E-state index in [1.165, 1.54) is 32.1 Å². The van der Waals surface area contributed by atoms with Gasteiger partial charge in [-0.05, 0) is 19.3 Å². The molecule has 3 nitrogen and oxygen atoms in total. The lowest BCUT2D eigenvalue weighted by Gasteiger charge is -2.41. The molecule has 0 aliphatic heterocycles. The first-order valence-electron chi connectivity index (χ1n) is 7.28. The van der Waals surface area contributed by atoms with E-state index in [0.717, 1.165) is 26.1 Å². The van der Waals surface area contributed by atoms with Crippen molar-refractivity contribution in [2.24, 2.45) is 5.73 Å². The smallest absolute Gasteiger partial charge is 0.0988 e. The molecule has 0 aromatic rings. The number of rotatable bonds is 10. The summed E-state index contributed by atoms with van der Waals surface area (Å²) in [6.45, 7) is 6.03. The fourth-order valence-electron chi connectivity index (χ4n) is 2.20. The molecule has 0 heterocycles. The van der Waals surface area contributed by atoms with Crippen molar-refractivity contribution >= 4 is 0 Å². The van der Waals surface area contributed by atoms with Gasteiger partial charge in [-0.1, -0.05) is 39.5 Å². The lowest BCUT2D eigenvalue weighted by molar-refractivity contribution is -0.139. The molecule has 1 rings (SSSR count). The summed E-state index contributed by atoms with van der Waals surface area (Å²) in [6.07, 6.45) is 8.84. The molecule has 0 saturated heterocycles. The van der Waals surface area contributed by atoms with Crippen LogP contribution in [0.15, 0.2) is 0 Å². The Labute approximate surface area is 106 Å². The van der Waals surface area contributed by atoms with E-state index in [-0.39, 0.29) is 18.2 Å². The van der Waals surface area contributed by atoms with Gasteiger partial charge < -0.3 is 15.2 Å². The van der Waals surface area contributed by atoms with Crippen LogP contribution in [0.4, 0.5) is 0 Å². The number of unbranched alkanes of at least 4 members (excludes halogenated alkanes) is 4. The largest absolute Gasteiger partial charge is 0.375 e. The Bertz CT molecular complexity index is 187. The molecular weight excluding hydrogens is 214 g/mol. The van der Waals surface area contributed by atoms with Crippen LogP contribution in [0.3, 0.4) is 0 Å². The molecule has 1 aliphatic rings. The van der Waals surface area contributed by atoms with Crippen LogP contribution in [0.2, 0.25) is 0 Å². The molecule has 2 N–H and O–H groups in total. The monoisotopic (exact) mass is 243 g/mol. The first-order chi connectivity index (χ1) is 8.29. The van der Waals surface area contributed by atoms with Gasteiger partial charge in [0.15, 0.2) is 0 Å². The third-order valence-corrected chi connectivity index (χ3v) is 3.39. The van der Waals surface area contributed by atoms with Gasteiger partial charge in [-0.3, -0.25) is 0 Å². The predicted octanol–water partition coefficient (Wildman–Crippen LogP) is 2.87. The maximum Gasteiger partial charge on any atom is 0.0988 e. The van der Waals surface area contributed by atoms with Crippen molar-refractivity contribution in [1.29, 1.82) is 0 Å². The fourth-order valence-corrected chi connectivity index (χ4v) is 2.20. The highest BCUT2D eigenvalue weighted by atomic mass is 16.5. The molecule has 0 bridgehead atoms. The second-order valence-corrected chi connectivity index (χ2v) is 5.06. The van der Waals surface area contributed by atoms with E-state index in [4.69, 9.17) is 15.2 Å². The summed E-state index contributed by atoms with van der Waals surface area (Å²) in [7, 11) is 0. The van der Waals surface area contributed by atoms with E-state index in [1.807, 2.05) is 0 Å². The molecule has 3 unspecified atom stereocenters. The molecule has 102 valence electrons. The van der Waals surface area contributed by atoms with Crippen molar-refractivity contribution in [2.45, 2.75) is 77.0 Å². The number of ether oxygens (including phenoxy) is 2. The molecule has 17 heavy (non-hydrogen) atoms. The molecular formula is C14H29NO2. The summed E-state index contributed by atoms with van der Waals surface area (Å²) in [5.74, 6) is 0. The Morgan fingerprint density at radius 3 is 2.35 bits per heavy atom. The minimum Gasteiger partial charge on any atom is -0.375 e. The van der Waals surface area contributed by atoms with Crippen molar-refractivity contribution in [3.63, 3.8) is 0 Å². The summed E-state index contributed by atoms with van der Waals surface area (Å²) in [6, 6.07) is 0.187. The summed E-state index contributed by atoms with van der Waals surface area (Å²) in [5, 5.41) is 0. The normalized spacial score (nSPS) is 28.1. The zero-order valence-corrected chi connectivity index (χ0v) is 11.5. The van der Waals surface area contributed by atoms with Gasteiger partial charge in [0.25, 0.3) is 0 Å². The van der Waals surface area contributed by atoms with Crippen molar-refractivity contribution in [3.05, 3.63) is 0 Å². The predicted molar refractivity (Wildman–Crippen MR) is 71.1 cm³/mol. The highest BCUT2D eigenvalue weighted by Crippen LogP contribution is 2.26. The molecule has 1 saturated carbocycles. The molecule has 3 heteroatoms. The number of hydrogen-bond acceptors (Lipinski definition) is 3. The van der Waals surface area contributed by atoms with Gasteiger partial charge in [0.1, 0.15) is 0 Å². The Hall–Kier alpha value is -0.120. The Balaban J connectivity index is 1.99. The van der Waals surface area contributed by atoms with E-state index in [0.29, 0.717) is 0 Å². The van der Waals surface area contributed by atoms with Gasteiger partial charge in [-0.15, -0.1) is 0 Å². The zero-order valence-electron chi connectivity index (χ0n) is 11.5. The topological polar surface area (TPSA) is 44.5 Å². The van der Waals surface area contributed by atoms with E-state index in [2.05, 4.69) is 13.8 Å². The first-order valence-corrected chi connectivity index (χ1v) is 7.28. The van der Waals surface area contributed by atoms with Crippen LogP contribution < -0.4 is 5.73 Å². The molecule has 0 amide bonds. The van der Waals surface area contributed by atoms with E-state index < -0.39 is 0 Å². The standard InChI is InChI=1S/C14H29NO2/c1-3-5-6-7-8-10-16-13-11-12(15)14(13)17-9-4-2/h12-14H,3-11,15H2,1-2H3. The minimum absolute atomic E-state index is 0.144. The Morgan fingerprint density at radius 1 is 0.941 bits per heavy atom. The third kappa shape index (κ3) is 5.36. The van der Waals surface area contributed by atoms with Gasteiger partial charge in [0, 0.05) is 19.3 Å². The molecule has 3 atom stereocenters. The van der Waals surface area contributed by atoms with Crippen molar-refractivity contribution in [1.82, 2.24) is 0 Å². The molecule has 0 aromatic heterocycles. The third-order valence-electron chi connectivity index (χ3n) is 3.39. The van der Waals surface area contributed by atoms with Crippen molar-refractivity contribution in [2.75, 3.05) is 13.2 Å². The summed E-state index contributed by atoms with van der Waals surface area (Å²) in [5.41, 5.74) is 5.92. The van der Waals surface area contributed by atoms with Gasteiger partial charge in [0.05, 0.1) is 12.2 Å². The summed E-state index contributed by atoms with van der Waals surface area (Å²) >= 11 is 0. The Morgan fingerprint density at radius 2 is 1.71 bits per heavy atom. The van der Waals surface area contributed by atoms with Crippen LogP contribution in [0, 0.1) is 0 Å². The lowest BCUT2D eigenvalue weighted by atomic mass is 9.86. The zero-order chi connectivity index (χ0) is 12.5. The summed E-state index contributed by atoms with van der Waals surface area (Å²) < 4.78 is 11.5. The maximum atomic E-state index is 5.92. The van der Waals surface area contributed by atoms with Gasteiger partial charge in [-0.25, -0.2) is 0 Å². The molecule has 1 aliphatic carbocycles. The maximum absolute atomic E-state index is 5.92. The van der Waals surface area contributed by atoms with Crippen molar-refractivity contribution in [3.8, 4) is 0 Å². The highest BCUT2D eigenvalue weighted by molar-refractivity contribution is 4.95. The van der Waals surface area contributed by atoms with Crippen LogP contribution in [-0.2, 0) is 9.47 Å². The molecule has 0 aromatic carbocycles. The lowest BCUT2D eigenvalue weighted by Crippen LogP contribution is -2.58. The first kappa shape index (κ1) is 14.9. The SMILES string of the molecule is CCCCCCCOC1CC(N)C1OCCC. The Kier molecular flexibility index (Phi) is 7.82. The quantitative estimate of drug-likeness (QED) is 0.600. The van der Waals surface area contributed by atoms with Gasteiger partial charge in [-0.2, -0.15) is 0 Å². The molecule has 1 fully saturated rings. The highest BCUT2D eigenvalue weighted by Gasteiger charge is 2.40. The minimum atomic E-state index is 0.144. The van der Waals surface area contributed by atoms with E-state index >= 15 is 0 Å². The van der Waals surface area contributed by atoms with Gasteiger partial charge >= 0.3 is 0 Å². The van der Waals surface area contributed by atoms with E-state index in [1.54, 1.807) is 0 Å². The van der Waals surface area contributed by atoms with Gasteiger partial charge in [0.2, 0.25) is 0 Å². The second kappa shape index (κ2) is 8.90. The second-order valence-electron chi connectivity index (χ2n) is 5.06. The van der Waals surface area contributed by atoms with Crippen LogP contribution in [0.25, 0.3) is 0 Å². The number of hydrogen-bond donors (Lipinski definition) is 1. The van der Waals surface area contributed by atoms with Crippen LogP contribution >= 0.6 is 0 Å². The molecule has 0 radical (unpaired) electrons. The van der Waals surface area contributed by atoms with Crippen molar-refractivity contribution < 1.29 is 9.47 Å². The van der Waals surface area contributed by atoms with Crippen LogP contribution in [-0.4, -0.2) is 31.5 Å².